The highest BCUT2D eigenvalue weighted by Crippen LogP contribution is 2.23. The lowest BCUT2D eigenvalue weighted by molar-refractivity contribution is 0.0715. The molecular formula is C12H13NO3. The monoisotopic (exact) mass is 219 g/mol. The van der Waals surface area contributed by atoms with Gasteiger partial charge in [-0.15, -0.1) is 0 Å². The van der Waals surface area contributed by atoms with Crippen molar-refractivity contribution in [2.24, 2.45) is 0 Å². The number of hydrogen-bond acceptors (Lipinski definition) is 3. The molecule has 2 heterocycles. The number of allylic oxidation sites excluding steroid dienone is 2. The van der Waals surface area contributed by atoms with Crippen LogP contribution in [-0.4, -0.2) is 22.4 Å². The summed E-state index contributed by atoms with van der Waals surface area (Å²) >= 11 is 0. The van der Waals surface area contributed by atoms with Gasteiger partial charge in [0.2, 0.25) is 5.78 Å². The number of hydrogen-bond donors (Lipinski definition) is 0. The van der Waals surface area contributed by atoms with Crippen LogP contribution >= 0.6 is 0 Å². The normalized spacial score (nSPS) is 15.8. The van der Waals surface area contributed by atoms with Crippen LogP contribution in [-0.2, 0) is 4.74 Å². The van der Waals surface area contributed by atoms with Gasteiger partial charge in [-0.1, -0.05) is 0 Å². The number of nitrogens with zero attached hydrogens (tertiary/aromatic N) is 1. The largest absolute Gasteiger partial charge is 0.485 e. The zero-order valence-corrected chi connectivity index (χ0v) is 9.48. The Morgan fingerprint density at radius 1 is 1.31 bits per heavy atom. The molecule has 0 fully saturated rings. The summed E-state index contributed by atoms with van der Waals surface area (Å²) in [6.07, 6.45) is 1.45. The third-order valence-corrected chi connectivity index (χ3v) is 2.43. The lowest BCUT2D eigenvalue weighted by atomic mass is 10.1. The topological polar surface area (TPSA) is 48.3 Å². The molecule has 0 N–H and O–H groups in total. The fourth-order valence-corrected chi connectivity index (χ4v) is 1.68. The average molecular weight is 219 g/mol. The van der Waals surface area contributed by atoms with E-state index in [2.05, 4.69) is 0 Å². The van der Waals surface area contributed by atoms with Gasteiger partial charge in [0.1, 0.15) is 0 Å². The maximum atomic E-state index is 12.0. The van der Waals surface area contributed by atoms with Crippen LogP contribution in [0.1, 0.15) is 36.1 Å². The third kappa shape index (κ3) is 1.46. The van der Waals surface area contributed by atoms with E-state index < -0.39 is 0 Å². The van der Waals surface area contributed by atoms with E-state index in [-0.39, 0.29) is 23.6 Å². The van der Waals surface area contributed by atoms with Crippen LogP contribution in [0.4, 0.5) is 0 Å². The van der Waals surface area contributed by atoms with E-state index in [0.29, 0.717) is 11.3 Å². The second-order valence-electron chi connectivity index (χ2n) is 4.02. The Bertz CT molecular complexity index is 494. The van der Waals surface area contributed by atoms with Crippen molar-refractivity contribution in [3.63, 3.8) is 0 Å². The molecule has 4 heteroatoms. The molecule has 0 bridgehead atoms. The van der Waals surface area contributed by atoms with Crippen molar-refractivity contribution in [3.8, 4) is 0 Å². The summed E-state index contributed by atoms with van der Waals surface area (Å²) < 4.78 is 6.73. The molecule has 1 aliphatic heterocycles. The van der Waals surface area contributed by atoms with Crippen molar-refractivity contribution in [3.05, 3.63) is 35.4 Å². The van der Waals surface area contributed by atoms with Gasteiger partial charge in [-0.2, -0.15) is 0 Å². The van der Waals surface area contributed by atoms with Gasteiger partial charge in [-0.25, -0.2) is 0 Å². The van der Waals surface area contributed by atoms with Crippen LogP contribution < -0.4 is 0 Å². The highest BCUT2D eigenvalue weighted by molar-refractivity contribution is 6.17. The first-order valence-electron chi connectivity index (χ1n) is 5.16. The van der Waals surface area contributed by atoms with Crippen molar-refractivity contribution in [1.29, 1.82) is 0 Å². The Balaban J connectivity index is 2.50. The van der Waals surface area contributed by atoms with E-state index in [1.807, 2.05) is 13.8 Å². The van der Waals surface area contributed by atoms with Crippen molar-refractivity contribution in [2.45, 2.75) is 26.9 Å². The van der Waals surface area contributed by atoms with Crippen molar-refractivity contribution < 1.29 is 14.3 Å². The van der Waals surface area contributed by atoms with Gasteiger partial charge < -0.3 is 4.74 Å². The molecule has 0 aliphatic carbocycles. The van der Waals surface area contributed by atoms with Crippen LogP contribution in [0, 0.1) is 0 Å². The van der Waals surface area contributed by atoms with Gasteiger partial charge >= 0.3 is 0 Å². The Morgan fingerprint density at radius 2 is 2.00 bits per heavy atom. The van der Waals surface area contributed by atoms with Gasteiger partial charge in [-0.05, 0) is 32.9 Å². The molecule has 84 valence electrons. The maximum Gasteiger partial charge on any atom is 0.297 e. The van der Waals surface area contributed by atoms with E-state index in [1.165, 1.54) is 4.57 Å². The van der Waals surface area contributed by atoms with E-state index in [0.717, 1.165) is 0 Å². The minimum atomic E-state index is -0.272. The lowest BCUT2D eigenvalue weighted by Gasteiger charge is -2.20. The molecule has 1 aromatic heterocycles. The standard InChI is InChI=1S/C12H13NO3/c1-7(2)16-11-8(3)10(14)9-5-4-6-13(9)12(11)15/h4-7H,1-3H3. The molecular weight excluding hydrogens is 206 g/mol. The SMILES string of the molecule is CC1=C(OC(C)C)C(=O)n2cccc2C1=O. The maximum absolute atomic E-state index is 12.0. The first-order valence-corrected chi connectivity index (χ1v) is 5.16. The molecule has 1 aromatic rings. The Morgan fingerprint density at radius 3 is 2.62 bits per heavy atom. The zero-order valence-electron chi connectivity index (χ0n) is 9.48. The molecule has 0 aromatic carbocycles. The van der Waals surface area contributed by atoms with Crippen LogP contribution in [0.15, 0.2) is 29.7 Å². The van der Waals surface area contributed by atoms with Crippen LogP contribution in [0.3, 0.4) is 0 Å². The molecule has 2 rings (SSSR count). The molecule has 0 saturated carbocycles. The number of fused-ring (bicyclic) bond motifs is 1. The van der Waals surface area contributed by atoms with E-state index >= 15 is 0 Å². The molecule has 0 amide bonds. The van der Waals surface area contributed by atoms with Crippen LogP contribution in [0.2, 0.25) is 0 Å². The summed E-state index contributed by atoms with van der Waals surface area (Å²) in [6.45, 7) is 5.26. The average Bonchev–Trinajstić information content (AvgIpc) is 2.70. The smallest absolute Gasteiger partial charge is 0.297 e. The Labute approximate surface area is 93.5 Å². The summed E-state index contributed by atoms with van der Waals surface area (Å²) in [7, 11) is 0. The predicted molar refractivity (Wildman–Crippen MR) is 58.3 cm³/mol. The van der Waals surface area contributed by atoms with E-state index in [1.54, 1.807) is 25.3 Å². The number of carbonyl (C=O) groups excluding carboxylic acids is 2. The Hall–Kier alpha value is -1.84. The van der Waals surface area contributed by atoms with Crippen LogP contribution in [0.25, 0.3) is 0 Å². The van der Waals surface area contributed by atoms with Crippen molar-refractivity contribution in [2.75, 3.05) is 0 Å². The van der Waals surface area contributed by atoms with Gasteiger partial charge in [0.05, 0.1) is 11.8 Å². The second-order valence-corrected chi connectivity index (χ2v) is 4.02. The summed E-state index contributed by atoms with van der Waals surface area (Å²) in [5.41, 5.74) is 0.781. The first kappa shape index (κ1) is 10.7. The number of Topliss-reactive ketones (excluding diaryl/α,β-unsaturated/α-hetero) is 1. The Kier molecular flexibility index (Phi) is 2.42. The van der Waals surface area contributed by atoms with Gasteiger partial charge in [0.15, 0.2) is 5.76 Å². The summed E-state index contributed by atoms with van der Waals surface area (Å²) in [4.78, 5) is 23.9. The van der Waals surface area contributed by atoms with Gasteiger partial charge in [-0.3, -0.25) is 14.2 Å². The van der Waals surface area contributed by atoms with Crippen molar-refractivity contribution in [1.82, 2.24) is 4.57 Å². The minimum absolute atomic E-state index is 0.126. The van der Waals surface area contributed by atoms with Gasteiger partial charge in [0, 0.05) is 11.8 Å². The number of carbonyl (C=O) groups is 2. The highest BCUT2D eigenvalue weighted by Gasteiger charge is 2.30. The molecule has 0 spiro atoms. The van der Waals surface area contributed by atoms with Crippen molar-refractivity contribution >= 4 is 11.7 Å². The fraction of sp³-hybridized carbons (Fsp3) is 0.333. The zero-order chi connectivity index (χ0) is 11.9. The fourth-order valence-electron chi connectivity index (χ4n) is 1.68. The number of rotatable bonds is 2. The van der Waals surface area contributed by atoms with Crippen LogP contribution in [0.5, 0.6) is 0 Å². The number of ketones is 1. The lowest BCUT2D eigenvalue weighted by Crippen LogP contribution is -2.28. The summed E-state index contributed by atoms with van der Waals surface area (Å²) in [6, 6.07) is 3.31. The second kappa shape index (κ2) is 3.63. The summed E-state index contributed by atoms with van der Waals surface area (Å²) in [5, 5.41) is 0. The molecule has 4 nitrogen and oxygen atoms in total. The molecule has 0 unspecified atom stereocenters. The van der Waals surface area contributed by atoms with E-state index in [4.69, 9.17) is 4.74 Å². The molecule has 0 radical (unpaired) electrons. The number of ether oxygens (including phenoxy) is 1. The third-order valence-electron chi connectivity index (χ3n) is 2.43. The molecule has 1 aliphatic rings. The summed E-state index contributed by atoms with van der Waals surface area (Å²) in [5.74, 6) is -0.269. The highest BCUT2D eigenvalue weighted by atomic mass is 16.5. The molecule has 0 atom stereocenters. The first-order chi connectivity index (χ1) is 7.52. The van der Waals surface area contributed by atoms with Gasteiger partial charge in [0.25, 0.3) is 5.91 Å². The minimum Gasteiger partial charge on any atom is -0.485 e. The molecule has 0 saturated heterocycles. The number of aromatic nitrogens is 1. The molecule has 16 heavy (non-hydrogen) atoms. The quantitative estimate of drug-likeness (QED) is 0.764. The predicted octanol–water partition coefficient (Wildman–Crippen LogP) is 2.02. The van der Waals surface area contributed by atoms with E-state index in [9.17, 15) is 9.59 Å².